The second-order valence-electron chi connectivity index (χ2n) is 8.68. The topological polar surface area (TPSA) is 66.5 Å². The number of ether oxygens (including phenoxy) is 1. The molecule has 1 aliphatic carbocycles. The predicted octanol–water partition coefficient (Wildman–Crippen LogP) is 5.35. The first kappa shape index (κ1) is 23.7. The number of hydrogen-bond donors (Lipinski definition) is 2. The van der Waals surface area contributed by atoms with Gasteiger partial charge in [0.25, 0.3) is 5.91 Å². The average Bonchev–Trinajstić information content (AvgIpc) is 2.79. The molecule has 0 atom stereocenters. The average molecular weight is 473 g/mol. The van der Waals surface area contributed by atoms with E-state index >= 15 is 0 Å². The highest BCUT2D eigenvalue weighted by atomic mass is 19.4. The van der Waals surface area contributed by atoms with Gasteiger partial charge in [-0.3, -0.25) is 4.79 Å². The molecule has 0 saturated heterocycles. The second kappa shape index (κ2) is 9.79. The molecule has 2 aromatic carbocycles. The number of fused-ring (bicyclic) bond motifs is 1. The van der Waals surface area contributed by atoms with Gasteiger partial charge in [-0.15, -0.1) is 13.2 Å². The standard InChI is InChI=1S/C25H27F3N4O2/c1-32(2)22-15-23(31-21-9-4-3-8-20(21)22)29-17-10-12-18(13-11-17)30-24(33)16-6-5-7-19(14-16)34-25(26,27)28/h3-9,14-15,17-18H,10-13H2,1-2H3,(H,29,31)(H,30,33)/t17-,18+. The summed E-state index contributed by atoms with van der Waals surface area (Å²) in [5, 5.41) is 7.55. The lowest BCUT2D eigenvalue weighted by molar-refractivity contribution is -0.274. The van der Waals surface area contributed by atoms with Crippen LogP contribution < -0.4 is 20.3 Å². The lowest BCUT2D eigenvalue weighted by Gasteiger charge is -2.30. The van der Waals surface area contributed by atoms with E-state index in [2.05, 4.69) is 26.3 Å². The fourth-order valence-electron chi connectivity index (χ4n) is 4.30. The number of anilines is 2. The lowest BCUT2D eigenvalue weighted by atomic mass is 9.91. The summed E-state index contributed by atoms with van der Waals surface area (Å²) >= 11 is 0. The van der Waals surface area contributed by atoms with E-state index in [-0.39, 0.29) is 17.6 Å². The van der Waals surface area contributed by atoms with Crippen LogP contribution in [0.2, 0.25) is 0 Å². The Hall–Kier alpha value is -3.49. The summed E-state index contributed by atoms with van der Waals surface area (Å²) in [6.07, 6.45) is -1.60. The molecule has 1 aromatic heterocycles. The molecule has 0 unspecified atom stereocenters. The molecular weight excluding hydrogens is 445 g/mol. The van der Waals surface area contributed by atoms with Crippen LogP contribution in [0.4, 0.5) is 24.7 Å². The predicted molar refractivity (Wildman–Crippen MR) is 126 cm³/mol. The number of hydrogen-bond acceptors (Lipinski definition) is 5. The van der Waals surface area contributed by atoms with Crippen molar-refractivity contribution in [3.05, 3.63) is 60.2 Å². The number of carbonyl (C=O) groups is 1. The number of amides is 1. The van der Waals surface area contributed by atoms with Gasteiger partial charge in [0, 0.05) is 48.9 Å². The summed E-state index contributed by atoms with van der Waals surface area (Å²) in [7, 11) is 4.01. The fourth-order valence-corrected chi connectivity index (χ4v) is 4.30. The van der Waals surface area contributed by atoms with Crippen LogP contribution in [0, 0.1) is 0 Å². The van der Waals surface area contributed by atoms with Crippen molar-refractivity contribution in [3.63, 3.8) is 0 Å². The van der Waals surface area contributed by atoms with E-state index in [0.717, 1.165) is 54.2 Å². The van der Waals surface area contributed by atoms with Crippen molar-refractivity contribution in [2.45, 2.75) is 44.1 Å². The van der Waals surface area contributed by atoms with Crippen molar-refractivity contribution in [2.75, 3.05) is 24.3 Å². The Labute approximate surface area is 196 Å². The van der Waals surface area contributed by atoms with Crippen molar-refractivity contribution in [1.82, 2.24) is 10.3 Å². The lowest BCUT2D eigenvalue weighted by Crippen LogP contribution is -2.40. The van der Waals surface area contributed by atoms with E-state index in [1.165, 1.54) is 18.2 Å². The normalized spacial score (nSPS) is 18.4. The largest absolute Gasteiger partial charge is 0.573 e. The molecule has 1 amide bonds. The molecule has 180 valence electrons. The molecule has 1 saturated carbocycles. The minimum Gasteiger partial charge on any atom is -0.406 e. The summed E-state index contributed by atoms with van der Waals surface area (Å²) in [5.74, 6) is 0.000237. The molecule has 0 aliphatic heterocycles. The summed E-state index contributed by atoms with van der Waals surface area (Å²) in [6, 6.07) is 15.4. The highest BCUT2D eigenvalue weighted by molar-refractivity contribution is 5.95. The number of alkyl halides is 3. The number of nitrogens with one attached hydrogen (secondary N) is 2. The van der Waals surface area contributed by atoms with Gasteiger partial charge in [0.15, 0.2) is 0 Å². The number of nitrogens with zero attached hydrogens (tertiary/aromatic N) is 2. The van der Waals surface area contributed by atoms with E-state index in [0.29, 0.717) is 0 Å². The summed E-state index contributed by atoms with van der Waals surface area (Å²) in [6.45, 7) is 0. The van der Waals surface area contributed by atoms with Gasteiger partial charge in [-0.05, 0) is 49.9 Å². The van der Waals surface area contributed by atoms with Crippen molar-refractivity contribution in [3.8, 4) is 5.75 Å². The van der Waals surface area contributed by atoms with Gasteiger partial charge < -0.3 is 20.3 Å². The molecule has 9 heteroatoms. The molecule has 0 spiro atoms. The Kier molecular flexibility index (Phi) is 6.81. The van der Waals surface area contributed by atoms with E-state index < -0.39 is 18.0 Å². The minimum atomic E-state index is -4.80. The van der Waals surface area contributed by atoms with E-state index in [4.69, 9.17) is 4.98 Å². The van der Waals surface area contributed by atoms with E-state index in [1.807, 2.05) is 38.4 Å². The van der Waals surface area contributed by atoms with Crippen molar-refractivity contribution in [1.29, 1.82) is 0 Å². The number of pyridine rings is 1. The molecule has 4 rings (SSSR count). The number of rotatable bonds is 6. The molecule has 2 N–H and O–H groups in total. The molecule has 0 bridgehead atoms. The molecule has 0 radical (unpaired) electrons. The Bertz CT molecular complexity index is 1160. The third kappa shape index (κ3) is 5.89. The zero-order valence-corrected chi connectivity index (χ0v) is 19.0. The second-order valence-corrected chi connectivity index (χ2v) is 8.68. The van der Waals surface area contributed by atoms with Gasteiger partial charge in [-0.2, -0.15) is 0 Å². The SMILES string of the molecule is CN(C)c1cc(N[C@H]2CC[C@@H](NC(=O)c3cccc(OC(F)(F)F)c3)CC2)nc2ccccc12. The highest BCUT2D eigenvalue weighted by Crippen LogP contribution is 2.29. The van der Waals surface area contributed by atoms with Crippen molar-refractivity contribution in [2.24, 2.45) is 0 Å². The maximum atomic E-state index is 12.6. The Balaban J connectivity index is 1.34. The molecule has 1 heterocycles. The van der Waals surface area contributed by atoms with Gasteiger partial charge in [0.2, 0.25) is 0 Å². The van der Waals surface area contributed by atoms with Crippen LogP contribution in [0.15, 0.2) is 54.6 Å². The van der Waals surface area contributed by atoms with E-state index in [9.17, 15) is 18.0 Å². The monoisotopic (exact) mass is 472 g/mol. The summed E-state index contributed by atoms with van der Waals surface area (Å²) in [5.41, 5.74) is 2.15. The van der Waals surface area contributed by atoms with Crippen LogP contribution in [0.3, 0.4) is 0 Å². The smallest absolute Gasteiger partial charge is 0.406 e. The highest BCUT2D eigenvalue weighted by Gasteiger charge is 2.31. The summed E-state index contributed by atoms with van der Waals surface area (Å²) in [4.78, 5) is 19.4. The Morgan fingerprint density at radius 3 is 2.41 bits per heavy atom. The van der Waals surface area contributed by atoms with Gasteiger partial charge in [0.1, 0.15) is 11.6 Å². The Morgan fingerprint density at radius 2 is 1.71 bits per heavy atom. The molecule has 6 nitrogen and oxygen atoms in total. The van der Waals surface area contributed by atoms with Gasteiger partial charge in [-0.25, -0.2) is 4.98 Å². The van der Waals surface area contributed by atoms with Crippen LogP contribution in [-0.2, 0) is 0 Å². The van der Waals surface area contributed by atoms with Gasteiger partial charge in [-0.1, -0.05) is 24.3 Å². The molecule has 1 fully saturated rings. The van der Waals surface area contributed by atoms with Crippen LogP contribution >= 0.6 is 0 Å². The molecule has 34 heavy (non-hydrogen) atoms. The van der Waals surface area contributed by atoms with Crippen LogP contribution in [0.1, 0.15) is 36.0 Å². The van der Waals surface area contributed by atoms with Crippen molar-refractivity contribution >= 4 is 28.3 Å². The zero-order chi connectivity index (χ0) is 24.3. The van der Waals surface area contributed by atoms with Crippen LogP contribution in [0.25, 0.3) is 10.9 Å². The quantitative estimate of drug-likeness (QED) is 0.506. The third-order valence-corrected chi connectivity index (χ3v) is 5.92. The minimum absolute atomic E-state index is 0.0420. The first-order valence-electron chi connectivity index (χ1n) is 11.2. The number of aromatic nitrogens is 1. The van der Waals surface area contributed by atoms with E-state index in [1.54, 1.807) is 0 Å². The van der Waals surface area contributed by atoms with Gasteiger partial charge in [0.05, 0.1) is 5.52 Å². The number of benzene rings is 2. The molecule has 3 aromatic rings. The number of carbonyl (C=O) groups excluding carboxylic acids is 1. The Morgan fingerprint density at radius 1 is 1.00 bits per heavy atom. The zero-order valence-electron chi connectivity index (χ0n) is 19.0. The summed E-state index contributed by atoms with van der Waals surface area (Å²) < 4.78 is 41.2. The molecule has 1 aliphatic rings. The fraction of sp³-hybridized carbons (Fsp3) is 0.360. The van der Waals surface area contributed by atoms with Crippen LogP contribution in [0.5, 0.6) is 5.75 Å². The van der Waals surface area contributed by atoms with Gasteiger partial charge >= 0.3 is 6.36 Å². The maximum absolute atomic E-state index is 12.6. The number of halogens is 3. The number of para-hydroxylation sites is 1. The third-order valence-electron chi connectivity index (χ3n) is 5.92. The maximum Gasteiger partial charge on any atom is 0.573 e. The first-order valence-corrected chi connectivity index (χ1v) is 11.2. The first-order chi connectivity index (χ1) is 16.2. The molecular formula is C25H27F3N4O2. The van der Waals surface area contributed by atoms with Crippen LogP contribution in [-0.4, -0.2) is 43.4 Å². The van der Waals surface area contributed by atoms with Crippen molar-refractivity contribution < 1.29 is 22.7 Å².